The topological polar surface area (TPSA) is 64.6 Å². The van der Waals surface area contributed by atoms with E-state index >= 15 is 0 Å². The summed E-state index contributed by atoms with van der Waals surface area (Å²) in [5, 5.41) is 10.1. The number of ether oxygens (including phenoxy) is 1. The van der Waals surface area contributed by atoms with Crippen LogP contribution in [0.4, 0.5) is 0 Å². The van der Waals surface area contributed by atoms with Gasteiger partial charge in [0.25, 0.3) is 0 Å². The quantitative estimate of drug-likeness (QED) is 0.792. The molecule has 0 aliphatic carbocycles. The number of carboxylic acid groups (broad SMARTS) is 1. The van der Waals surface area contributed by atoms with Crippen molar-refractivity contribution in [3.05, 3.63) is 54.1 Å². The molecule has 2 heterocycles. The lowest BCUT2D eigenvalue weighted by atomic mass is 10.2. The molecule has 0 aliphatic rings. The maximum atomic E-state index is 11.1. The van der Waals surface area contributed by atoms with E-state index in [0.717, 1.165) is 16.7 Å². The first-order valence-corrected chi connectivity index (χ1v) is 6.12. The van der Waals surface area contributed by atoms with Crippen molar-refractivity contribution in [2.24, 2.45) is 0 Å². The zero-order valence-electron chi connectivity index (χ0n) is 10.9. The summed E-state index contributed by atoms with van der Waals surface area (Å²) >= 11 is 0. The fourth-order valence-electron chi connectivity index (χ4n) is 2.32. The van der Waals surface area contributed by atoms with Crippen LogP contribution >= 0.6 is 0 Å². The number of aromatic carboxylic acids is 1. The number of benzene rings is 1. The molecule has 0 aliphatic heterocycles. The van der Waals surface area contributed by atoms with Gasteiger partial charge in [-0.15, -0.1) is 0 Å². The lowest BCUT2D eigenvalue weighted by Crippen LogP contribution is -2.03. The average Bonchev–Trinajstić information content (AvgIpc) is 3.06. The van der Waals surface area contributed by atoms with Crippen molar-refractivity contribution in [2.45, 2.75) is 6.54 Å². The number of carbonyl (C=O) groups is 1. The van der Waals surface area contributed by atoms with Gasteiger partial charge in [-0.05, 0) is 24.3 Å². The number of carboxylic acids is 1. The summed E-state index contributed by atoms with van der Waals surface area (Å²) in [6.45, 7) is 0.366. The number of hydrogen-bond donors (Lipinski definition) is 1. The summed E-state index contributed by atoms with van der Waals surface area (Å²) in [5.74, 6) is 0.236. The first-order valence-electron chi connectivity index (χ1n) is 6.12. The van der Waals surface area contributed by atoms with Gasteiger partial charge < -0.3 is 18.8 Å². The van der Waals surface area contributed by atoms with Crippen LogP contribution in [0.3, 0.4) is 0 Å². The Bertz CT molecular complexity index is 769. The largest absolute Gasteiger partial charge is 0.496 e. The minimum Gasteiger partial charge on any atom is -0.496 e. The first-order chi connectivity index (χ1) is 9.70. The summed E-state index contributed by atoms with van der Waals surface area (Å²) in [7, 11) is 1.63. The molecule has 0 radical (unpaired) electrons. The Balaban J connectivity index is 2.03. The molecule has 5 heteroatoms. The van der Waals surface area contributed by atoms with Crippen molar-refractivity contribution in [2.75, 3.05) is 7.11 Å². The van der Waals surface area contributed by atoms with Gasteiger partial charge in [-0.3, -0.25) is 0 Å². The van der Waals surface area contributed by atoms with Gasteiger partial charge in [0.1, 0.15) is 17.1 Å². The standard InChI is InChI=1S/C15H13NO4/c1-19-13-4-2-3-12-10(13)5-7-16(12)9-14-11(15(17)18)6-8-20-14/h2-8H,9H2,1H3,(H,17,18). The average molecular weight is 271 g/mol. The second-order valence-corrected chi connectivity index (χ2v) is 4.40. The van der Waals surface area contributed by atoms with Crippen LogP contribution in [0, 0.1) is 0 Å². The number of methoxy groups -OCH3 is 1. The summed E-state index contributed by atoms with van der Waals surface area (Å²) in [6, 6.07) is 9.16. The summed E-state index contributed by atoms with van der Waals surface area (Å²) in [5.41, 5.74) is 1.16. The smallest absolute Gasteiger partial charge is 0.339 e. The molecule has 20 heavy (non-hydrogen) atoms. The Labute approximate surface area is 115 Å². The van der Waals surface area contributed by atoms with Gasteiger partial charge >= 0.3 is 5.97 Å². The number of nitrogens with zero attached hydrogens (tertiary/aromatic N) is 1. The Morgan fingerprint density at radius 1 is 1.35 bits per heavy atom. The van der Waals surface area contributed by atoms with Crippen molar-refractivity contribution < 1.29 is 19.1 Å². The van der Waals surface area contributed by atoms with Gasteiger partial charge in [-0.25, -0.2) is 4.79 Å². The van der Waals surface area contributed by atoms with Gasteiger partial charge in [-0.1, -0.05) is 6.07 Å². The molecule has 0 atom stereocenters. The number of furan rings is 1. The maximum absolute atomic E-state index is 11.1. The normalized spacial score (nSPS) is 10.8. The van der Waals surface area contributed by atoms with Crippen LogP contribution in [0.2, 0.25) is 0 Å². The van der Waals surface area contributed by atoms with Crippen molar-refractivity contribution in [3.8, 4) is 5.75 Å². The van der Waals surface area contributed by atoms with Crippen LogP contribution in [0.15, 0.2) is 47.2 Å². The molecule has 102 valence electrons. The summed E-state index contributed by atoms with van der Waals surface area (Å²) in [6.07, 6.45) is 3.28. The van der Waals surface area contributed by atoms with E-state index in [2.05, 4.69) is 0 Å². The third-order valence-electron chi connectivity index (χ3n) is 3.28. The predicted molar refractivity (Wildman–Crippen MR) is 73.3 cm³/mol. The Morgan fingerprint density at radius 3 is 2.95 bits per heavy atom. The Morgan fingerprint density at radius 2 is 2.20 bits per heavy atom. The number of rotatable bonds is 4. The van der Waals surface area contributed by atoms with Crippen LogP contribution in [0.1, 0.15) is 16.1 Å². The van der Waals surface area contributed by atoms with Gasteiger partial charge in [0.15, 0.2) is 0 Å². The van der Waals surface area contributed by atoms with E-state index in [-0.39, 0.29) is 5.56 Å². The van der Waals surface area contributed by atoms with Crippen LogP contribution in [-0.4, -0.2) is 22.8 Å². The Kier molecular flexibility index (Phi) is 2.95. The number of hydrogen-bond acceptors (Lipinski definition) is 3. The van der Waals surface area contributed by atoms with E-state index in [1.54, 1.807) is 7.11 Å². The lowest BCUT2D eigenvalue weighted by molar-refractivity contribution is 0.0694. The highest BCUT2D eigenvalue weighted by atomic mass is 16.5. The second-order valence-electron chi connectivity index (χ2n) is 4.40. The zero-order chi connectivity index (χ0) is 14.1. The predicted octanol–water partition coefficient (Wildman–Crippen LogP) is 2.99. The second kappa shape index (κ2) is 4.77. The van der Waals surface area contributed by atoms with Gasteiger partial charge in [0.05, 0.1) is 25.4 Å². The van der Waals surface area contributed by atoms with Gasteiger partial charge in [-0.2, -0.15) is 0 Å². The molecular formula is C15H13NO4. The summed E-state index contributed by atoms with van der Waals surface area (Å²) in [4.78, 5) is 11.1. The van der Waals surface area contributed by atoms with E-state index < -0.39 is 5.97 Å². The molecule has 1 N–H and O–H groups in total. The Hall–Kier alpha value is -2.69. The third-order valence-corrected chi connectivity index (χ3v) is 3.28. The number of fused-ring (bicyclic) bond motifs is 1. The van der Waals surface area contributed by atoms with E-state index in [0.29, 0.717) is 12.3 Å². The fourth-order valence-corrected chi connectivity index (χ4v) is 2.32. The van der Waals surface area contributed by atoms with Crippen molar-refractivity contribution in [3.63, 3.8) is 0 Å². The minimum atomic E-state index is -0.984. The SMILES string of the molecule is COc1cccc2c1ccn2Cc1occc1C(=O)O. The summed E-state index contributed by atoms with van der Waals surface area (Å²) < 4.78 is 12.5. The monoisotopic (exact) mass is 271 g/mol. The van der Waals surface area contributed by atoms with Crippen LogP contribution in [-0.2, 0) is 6.54 Å². The van der Waals surface area contributed by atoms with Gasteiger partial charge in [0, 0.05) is 11.6 Å². The van der Waals surface area contributed by atoms with E-state index in [9.17, 15) is 4.79 Å². The lowest BCUT2D eigenvalue weighted by Gasteiger charge is -2.06. The van der Waals surface area contributed by atoms with Crippen molar-refractivity contribution in [1.82, 2.24) is 4.57 Å². The highest BCUT2D eigenvalue weighted by Gasteiger charge is 2.15. The molecular weight excluding hydrogens is 258 g/mol. The highest BCUT2D eigenvalue weighted by Crippen LogP contribution is 2.27. The molecule has 5 nitrogen and oxygen atoms in total. The number of aromatic nitrogens is 1. The van der Waals surface area contributed by atoms with Crippen LogP contribution in [0.5, 0.6) is 5.75 Å². The molecule has 0 fully saturated rings. The molecule has 2 aromatic heterocycles. The molecule has 3 aromatic rings. The van der Waals surface area contributed by atoms with Crippen molar-refractivity contribution >= 4 is 16.9 Å². The van der Waals surface area contributed by atoms with Crippen molar-refractivity contribution in [1.29, 1.82) is 0 Å². The molecule has 0 saturated heterocycles. The molecule has 3 rings (SSSR count). The van der Waals surface area contributed by atoms with Crippen LogP contribution in [0.25, 0.3) is 10.9 Å². The van der Waals surface area contributed by atoms with E-state index in [1.807, 2.05) is 35.0 Å². The first kappa shape index (κ1) is 12.3. The fraction of sp³-hybridized carbons (Fsp3) is 0.133. The van der Waals surface area contributed by atoms with Gasteiger partial charge in [0.2, 0.25) is 0 Å². The van der Waals surface area contributed by atoms with E-state index in [4.69, 9.17) is 14.3 Å². The van der Waals surface area contributed by atoms with Crippen LogP contribution < -0.4 is 4.74 Å². The molecule has 0 saturated carbocycles. The highest BCUT2D eigenvalue weighted by molar-refractivity contribution is 5.89. The van der Waals surface area contributed by atoms with E-state index in [1.165, 1.54) is 12.3 Å². The minimum absolute atomic E-state index is 0.190. The molecule has 0 spiro atoms. The molecule has 1 aromatic carbocycles. The third kappa shape index (κ3) is 1.93. The zero-order valence-corrected chi connectivity index (χ0v) is 10.9. The molecule has 0 unspecified atom stereocenters. The maximum Gasteiger partial charge on any atom is 0.339 e. The molecule has 0 amide bonds. The molecule has 0 bridgehead atoms.